The summed E-state index contributed by atoms with van der Waals surface area (Å²) in [5, 5.41) is 11.2. The monoisotopic (exact) mass is 953 g/mol. The number of nitrogens with two attached hydrogens (primary N) is 1. The van der Waals surface area contributed by atoms with Gasteiger partial charge in [0.05, 0.1) is 41.0 Å². The average molecular weight is 953 g/mol. The fraction of sp³-hybridized carbons (Fsp3) is 0.547. The molecule has 3 amide bonds. The van der Waals surface area contributed by atoms with Gasteiger partial charge in [0.15, 0.2) is 0 Å². The van der Waals surface area contributed by atoms with Crippen molar-refractivity contribution in [2.24, 2.45) is 11.7 Å². The Morgan fingerprint density at radius 3 is 2.06 bits per heavy atom. The Morgan fingerprint density at radius 1 is 0.754 bits per heavy atom. The smallest absolute Gasteiger partial charge is 0.272 e. The van der Waals surface area contributed by atoms with Crippen molar-refractivity contribution in [3.63, 3.8) is 0 Å². The van der Waals surface area contributed by atoms with Gasteiger partial charge in [-0.1, -0.05) is 62.4 Å². The number of rotatable bonds is 11. The van der Waals surface area contributed by atoms with Crippen LogP contribution < -0.4 is 16.6 Å². The number of carbonyl (C=O) groups excluding carboxylic acids is 4. The molecule has 5 heterocycles. The van der Waals surface area contributed by atoms with E-state index in [1.165, 1.54) is 50.3 Å². The van der Waals surface area contributed by atoms with Crippen LogP contribution in [0.15, 0.2) is 65.5 Å². The molecule has 0 unspecified atom stereocenters. The molecular weight excluding hydrogens is 883 g/mol. The van der Waals surface area contributed by atoms with Crippen LogP contribution in [0.4, 0.5) is 8.78 Å². The summed E-state index contributed by atoms with van der Waals surface area (Å²) < 4.78 is 34.8. The number of piperidine rings is 3. The molecule has 4 saturated heterocycles. The van der Waals surface area contributed by atoms with E-state index in [-0.39, 0.29) is 34.6 Å². The highest BCUT2D eigenvalue weighted by Gasteiger charge is 2.30. The number of benzene rings is 3. The van der Waals surface area contributed by atoms with Gasteiger partial charge in [-0.25, -0.2) is 13.9 Å². The van der Waals surface area contributed by atoms with Crippen LogP contribution in [0.1, 0.15) is 121 Å². The average Bonchev–Trinajstić information content (AvgIpc) is 3.37. The van der Waals surface area contributed by atoms with E-state index in [0.717, 1.165) is 107 Å². The number of hydrogen-bond acceptors (Lipinski definition) is 10. The summed E-state index contributed by atoms with van der Waals surface area (Å²) in [6, 6.07) is 16.4. The number of halogens is 2. The highest BCUT2D eigenvalue weighted by atomic mass is 19.1. The van der Waals surface area contributed by atoms with Crippen molar-refractivity contribution in [2.45, 2.75) is 102 Å². The van der Waals surface area contributed by atoms with E-state index in [9.17, 15) is 32.8 Å². The number of carbonyl (C=O) groups is 4. The number of nitrogens with one attached hydrogen (secondary N) is 2. The number of primary amides is 1. The van der Waals surface area contributed by atoms with Crippen LogP contribution in [0, 0.1) is 17.6 Å². The number of aromatic amines is 1. The van der Waals surface area contributed by atoms with Crippen LogP contribution in [-0.4, -0.2) is 145 Å². The molecule has 5 fully saturated rings. The van der Waals surface area contributed by atoms with Crippen molar-refractivity contribution < 1.29 is 32.7 Å². The molecule has 3 aromatic carbocycles. The third-order valence-corrected chi connectivity index (χ3v) is 14.5. The predicted octanol–water partition coefficient (Wildman–Crippen LogP) is 6.06. The fourth-order valence-electron chi connectivity index (χ4n) is 10.3. The van der Waals surface area contributed by atoms with Crippen molar-refractivity contribution in [1.82, 2.24) is 35.1 Å². The lowest BCUT2D eigenvalue weighted by molar-refractivity contribution is -0.135. The largest absolute Gasteiger partial charge is 0.375 e. The minimum atomic E-state index is -0.714. The molecule has 4 aliphatic heterocycles. The topological polar surface area (TPSA) is 174 Å². The summed E-state index contributed by atoms with van der Waals surface area (Å²) in [5.74, 6) is -1.01. The van der Waals surface area contributed by atoms with E-state index >= 15 is 0 Å². The van der Waals surface area contributed by atoms with E-state index < -0.39 is 17.5 Å². The molecule has 1 saturated carbocycles. The molecule has 0 bridgehead atoms. The molecule has 1 aliphatic carbocycles. The highest BCUT2D eigenvalue weighted by molar-refractivity contribution is 5.95. The summed E-state index contributed by atoms with van der Waals surface area (Å²) in [5.41, 5.74) is 7.08. The first-order chi connectivity index (χ1) is 33.4. The van der Waals surface area contributed by atoms with Crippen LogP contribution in [0.5, 0.6) is 0 Å². The Labute approximate surface area is 404 Å². The highest BCUT2D eigenvalue weighted by Crippen LogP contribution is 2.28. The minimum absolute atomic E-state index is 0.00124. The lowest BCUT2D eigenvalue weighted by atomic mass is 9.87. The molecule has 0 spiro atoms. The molecule has 14 nitrogen and oxygen atoms in total. The third kappa shape index (κ3) is 14.6. The maximum atomic E-state index is 14.9. The van der Waals surface area contributed by atoms with Crippen molar-refractivity contribution >= 4 is 34.8 Å². The molecule has 69 heavy (non-hydrogen) atoms. The zero-order chi connectivity index (χ0) is 48.7. The van der Waals surface area contributed by atoms with Gasteiger partial charge in [-0.15, -0.1) is 0 Å². The van der Waals surface area contributed by atoms with Crippen molar-refractivity contribution in [1.29, 1.82) is 0 Å². The number of aldehydes is 1. The van der Waals surface area contributed by atoms with E-state index in [1.54, 1.807) is 35.2 Å². The maximum absolute atomic E-state index is 14.9. The van der Waals surface area contributed by atoms with E-state index in [0.29, 0.717) is 67.8 Å². The van der Waals surface area contributed by atoms with Gasteiger partial charge in [-0.05, 0) is 112 Å². The summed E-state index contributed by atoms with van der Waals surface area (Å²) in [7, 11) is 2.15. The van der Waals surface area contributed by atoms with Crippen LogP contribution in [-0.2, 0) is 20.7 Å². The zero-order valence-electron chi connectivity index (χ0n) is 40.1. The van der Waals surface area contributed by atoms with Gasteiger partial charge in [0.25, 0.3) is 17.4 Å². The number of fused-ring (bicyclic) bond motifs is 1. The molecule has 1 aromatic heterocycles. The lowest BCUT2D eigenvalue weighted by Gasteiger charge is -2.38. The zero-order valence-corrected chi connectivity index (χ0v) is 40.1. The van der Waals surface area contributed by atoms with Gasteiger partial charge in [0.2, 0.25) is 5.91 Å². The minimum Gasteiger partial charge on any atom is -0.375 e. The number of hydrogen-bond donors (Lipinski definition) is 3. The Kier molecular flexibility index (Phi) is 19.0. The number of aromatic nitrogens is 2. The number of piperazine rings is 1. The molecular formula is C53H70F2N8O6. The number of likely N-dealkylation sites (tertiary alicyclic amines) is 2. The summed E-state index contributed by atoms with van der Waals surface area (Å²) >= 11 is 0. The molecule has 4 aromatic rings. The SMILES string of the molecule is CN1CCC(OC2CCN(CC(=O)N3CCN(C(=O)c4cc(Cc5n[nH]c(=O)c6ccccc56)ccc4F)CC3)CC2)CC1.NC(=O)c1ccc(C2CCNCC2)cc1F.O=CCC1CCCCC1. The second-order valence-electron chi connectivity index (χ2n) is 19.4. The van der Waals surface area contributed by atoms with Crippen molar-refractivity contribution in [3.8, 4) is 0 Å². The Bertz CT molecular complexity index is 2400. The maximum Gasteiger partial charge on any atom is 0.272 e. The van der Waals surface area contributed by atoms with Gasteiger partial charge >= 0.3 is 0 Å². The van der Waals surface area contributed by atoms with E-state index in [2.05, 4.69) is 32.4 Å². The number of H-pyrrole nitrogens is 1. The second-order valence-corrected chi connectivity index (χ2v) is 19.4. The molecule has 0 radical (unpaired) electrons. The normalized spacial score (nSPS) is 19.3. The van der Waals surface area contributed by atoms with E-state index in [4.69, 9.17) is 10.5 Å². The van der Waals surface area contributed by atoms with Crippen LogP contribution in [0.2, 0.25) is 0 Å². The Morgan fingerprint density at radius 2 is 1.41 bits per heavy atom. The molecule has 372 valence electrons. The molecule has 16 heteroatoms. The van der Waals surface area contributed by atoms with Gasteiger partial charge < -0.3 is 35.3 Å². The Balaban J connectivity index is 0.000000228. The van der Waals surface area contributed by atoms with E-state index in [1.807, 2.05) is 17.0 Å². The molecule has 4 N–H and O–H groups in total. The quantitative estimate of drug-likeness (QED) is 0.150. The molecule has 9 rings (SSSR count). The fourth-order valence-corrected chi connectivity index (χ4v) is 10.3. The predicted molar refractivity (Wildman–Crippen MR) is 262 cm³/mol. The second kappa shape index (κ2) is 25.4. The van der Waals surface area contributed by atoms with Gasteiger partial charge in [0, 0.05) is 70.6 Å². The molecule has 5 aliphatic rings. The standard InChI is InChI=1S/C33H41FN6O4.C12H15FN2O.C8H14O/c1-37-12-8-24(9-13-37)44-25-10-14-38(15-11-25)22-31(41)39-16-18-40(19-17-39)33(43)28-20-23(6-7-29(28)34)21-30-26-4-2-3-5-27(26)32(42)36-35-30;13-11-7-9(1-2-10(11)12(14)16)8-3-5-15-6-4-8;9-7-6-8-4-2-1-3-5-8/h2-7,20,24-25H,8-19,21-22H2,1H3,(H,36,42);1-2,7-8,15H,3-6H2,(H2,14,16);7-8H,1-6H2. The first-order valence-electron chi connectivity index (χ1n) is 25.1. The van der Waals surface area contributed by atoms with Crippen molar-refractivity contribution in [3.05, 3.63) is 111 Å². The Hall–Kier alpha value is -5.42. The van der Waals surface area contributed by atoms with Gasteiger partial charge in [0.1, 0.15) is 17.9 Å². The van der Waals surface area contributed by atoms with Crippen LogP contribution >= 0.6 is 0 Å². The summed E-state index contributed by atoms with van der Waals surface area (Å²) in [4.78, 5) is 67.5. The summed E-state index contributed by atoms with van der Waals surface area (Å²) in [6.07, 6.45) is 15.6. The number of ether oxygens (including phenoxy) is 1. The number of amides is 3. The molecule has 0 atom stereocenters. The number of nitrogens with zero attached hydrogens (tertiary/aromatic N) is 5. The van der Waals surface area contributed by atoms with Gasteiger partial charge in [-0.3, -0.25) is 24.1 Å². The lowest BCUT2D eigenvalue weighted by Crippen LogP contribution is -2.53. The first kappa shape index (κ1) is 51.4. The van der Waals surface area contributed by atoms with Crippen LogP contribution in [0.3, 0.4) is 0 Å². The van der Waals surface area contributed by atoms with Gasteiger partial charge in [-0.2, -0.15) is 5.10 Å². The summed E-state index contributed by atoms with van der Waals surface area (Å²) in [6.45, 7) is 7.73. The van der Waals surface area contributed by atoms with Crippen LogP contribution in [0.25, 0.3) is 10.8 Å². The first-order valence-corrected chi connectivity index (χ1v) is 25.1. The van der Waals surface area contributed by atoms with Crippen molar-refractivity contribution in [2.75, 3.05) is 79.0 Å². The third-order valence-electron chi connectivity index (χ3n) is 14.5.